The van der Waals surface area contributed by atoms with E-state index in [1.807, 2.05) is 35.9 Å². The van der Waals surface area contributed by atoms with Crippen LogP contribution in [-0.4, -0.2) is 23.2 Å². The van der Waals surface area contributed by atoms with Gasteiger partial charge in [0.05, 0.1) is 18.1 Å². The van der Waals surface area contributed by atoms with Crippen LogP contribution >= 0.6 is 0 Å². The fourth-order valence-electron chi connectivity index (χ4n) is 3.03. The molecule has 0 fully saturated rings. The molecule has 0 aliphatic carbocycles. The van der Waals surface area contributed by atoms with Crippen molar-refractivity contribution >= 4 is 33.4 Å². The second kappa shape index (κ2) is 4.98. The molecule has 0 aliphatic heterocycles. The Morgan fingerprint density at radius 1 is 1.00 bits per heavy atom. The molecule has 0 amide bonds. The Balaban J connectivity index is 2.59. The molecular formula is C18H17NO3. The molecular weight excluding hydrogens is 278 g/mol. The van der Waals surface area contributed by atoms with E-state index < -0.39 is 0 Å². The fraction of sp³-hybridized carbons (Fsp3) is 0.222. The summed E-state index contributed by atoms with van der Waals surface area (Å²) < 4.78 is 7.41. The highest BCUT2D eigenvalue weighted by Gasteiger charge is 2.19. The zero-order chi connectivity index (χ0) is 16.0. The summed E-state index contributed by atoms with van der Waals surface area (Å²) in [6, 6.07) is 9.31. The summed E-state index contributed by atoms with van der Waals surface area (Å²) in [5.74, 6) is 0.636. The minimum atomic E-state index is -0.0574. The quantitative estimate of drug-likeness (QED) is 0.691. The number of fused-ring (bicyclic) bond motifs is 3. The van der Waals surface area contributed by atoms with Gasteiger partial charge in [0.2, 0.25) is 0 Å². The van der Waals surface area contributed by atoms with Crippen LogP contribution in [-0.2, 0) is 7.05 Å². The summed E-state index contributed by atoms with van der Waals surface area (Å²) in [4.78, 5) is 23.8. The first kappa shape index (κ1) is 14.3. The molecule has 0 atom stereocenters. The Bertz CT molecular complexity index is 935. The van der Waals surface area contributed by atoms with Crippen molar-refractivity contribution in [2.24, 2.45) is 7.05 Å². The third-order valence-corrected chi connectivity index (χ3v) is 4.08. The third kappa shape index (κ3) is 1.91. The Labute approximate surface area is 128 Å². The lowest BCUT2D eigenvalue weighted by Gasteiger charge is -2.07. The van der Waals surface area contributed by atoms with Gasteiger partial charge in [-0.2, -0.15) is 0 Å². The molecule has 22 heavy (non-hydrogen) atoms. The van der Waals surface area contributed by atoms with E-state index in [1.54, 1.807) is 13.2 Å². The number of methoxy groups -OCH3 is 1. The van der Waals surface area contributed by atoms with E-state index >= 15 is 0 Å². The molecule has 1 aromatic heterocycles. The van der Waals surface area contributed by atoms with Crippen LogP contribution in [0.1, 0.15) is 34.6 Å². The lowest BCUT2D eigenvalue weighted by atomic mass is 10.0. The average Bonchev–Trinajstić information content (AvgIpc) is 2.79. The lowest BCUT2D eigenvalue weighted by Crippen LogP contribution is -2.02. The number of Topliss-reactive ketones (excluding diaryl/α,β-unsaturated/α-hetero) is 2. The fourth-order valence-corrected chi connectivity index (χ4v) is 3.03. The van der Waals surface area contributed by atoms with Gasteiger partial charge in [0.1, 0.15) is 5.75 Å². The number of ketones is 2. The Hall–Kier alpha value is -2.62. The van der Waals surface area contributed by atoms with Crippen LogP contribution in [0.25, 0.3) is 21.8 Å². The Morgan fingerprint density at radius 3 is 2.32 bits per heavy atom. The van der Waals surface area contributed by atoms with Gasteiger partial charge in [-0.1, -0.05) is 12.1 Å². The van der Waals surface area contributed by atoms with Crippen LogP contribution in [0.5, 0.6) is 5.75 Å². The third-order valence-electron chi connectivity index (χ3n) is 4.08. The van der Waals surface area contributed by atoms with Crippen molar-refractivity contribution < 1.29 is 14.3 Å². The number of para-hydroxylation sites is 1. The lowest BCUT2D eigenvalue weighted by molar-refractivity contribution is 0.101. The summed E-state index contributed by atoms with van der Waals surface area (Å²) in [6.45, 7) is 3.03. The van der Waals surface area contributed by atoms with Crippen molar-refractivity contribution in [1.82, 2.24) is 4.57 Å². The number of carbonyl (C=O) groups excluding carboxylic acids is 2. The van der Waals surface area contributed by atoms with Gasteiger partial charge < -0.3 is 9.30 Å². The normalized spacial score (nSPS) is 11.1. The topological polar surface area (TPSA) is 48.3 Å². The molecule has 0 aliphatic rings. The maximum absolute atomic E-state index is 12.1. The van der Waals surface area contributed by atoms with E-state index in [0.29, 0.717) is 11.1 Å². The minimum absolute atomic E-state index is 0.0516. The van der Waals surface area contributed by atoms with Crippen LogP contribution in [0.4, 0.5) is 0 Å². The van der Waals surface area contributed by atoms with Crippen molar-refractivity contribution in [3.63, 3.8) is 0 Å². The van der Waals surface area contributed by atoms with Crippen LogP contribution < -0.4 is 4.74 Å². The van der Waals surface area contributed by atoms with Gasteiger partial charge in [-0.25, -0.2) is 0 Å². The number of carbonyl (C=O) groups is 2. The van der Waals surface area contributed by atoms with Crippen molar-refractivity contribution in [2.75, 3.05) is 7.11 Å². The van der Waals surface area contributed by atoms with Crippen molar-refractivity contribution in [1.29, 1.82) is 0 Å². The van der Waals surface area contributed by atoms with Gasteiger partial charge in [0.25, 0.3) is 0 Å². The molecule has 1 heterocycles. The first-order chi connectivity index (χ1) is 10.5. The molecule has 0 spiro atoms. The van der Waals surface area contributed by atoms with Crippen molar-refractivity contribution in [3.8, 4) is 5.75 Å². The number of rotatable bonds is 3. The second-order valence-electron chi connectivity index (χ2n) is 5.45. The molecule has 0 unspecified atom stereocenters. The molecule has 3 rings (SSSR count). The number of benzene rings is 2. The van der Waals surface area contributed by atoms with Gasteiger partial charge in [0.15, 0.2) is 11.6 Å². The molecule has 0 N–H and O–H groups in total. The van der Waals surface area contributed by atoms with E-state index in [-0.39, 0.29) is 11.6 Å². The van der Waals surface area contributed by atoms with E-state index in [9.17, 15) is 9.59 Å². The molecule has 3 aromatic rings. The monoisotopic (exact) mass is 295 g/mol. The highest BCUT2D eigenvalue weighted by atomic mass is 16.5. The second-order valence-corrected chi connectivity index (χ2v) is 5.45. The number of ether oxygens (including phenoxy) is 1. The van der Waals surface area contributed by atoms with Gasteiger partial charge >= 0.3 is 0 Å². The number of hydrogen-bond acceptors (Lipinski definition) is 3. The summed E-state index contributed by atoms with van der Waals surface area (Å²) in [5.41, 5.74) is 2.86. The predicted molar refractivity (Wildman–Crippen MR) is 87.0 cm³/mol. The number of aromatic nitrogens is 1. The van der Waals surface area contributed by atoms with Crippen LogP contribution in [0.2, 0.25) is 0 Å². The van der Waals surface area contributed by atoms with Crippen molar-refractivity contribution in [3.05, 3.63) is 41.5 Å². The average molecular weight is 295 g/mol. The minimum Gasteiger partial charge on any atom is -0.495 e. The zero-order valence-electron chi connectivity index (χ0n) is 13.1. The largest absolute Gasteiger partial charge is 0.495 e. The maximum Gasteiger partial charge on any atom is 0.161 e. The predicted octanol–water partition coefficient (Wildman–Crippen LogP) is 3.75. The smallest absolute Gasteiger partial charge is 0.161 e. The molecule has 0 saturated heterocycles. The Kier molecular flexibility index (Phi) is 3.24. The zero-order valence-corrected chi connectivity index (χ0v) is 13.1. The molecule has 0 radical (unpaired) electrons. The van der Waals surface area contributed by atoms with Crippen LogP contribution in [0.3, 0.4) is 0 Å². The van der Waals surface area contributed by atoms with Gasteiger partial charge in [-0.05, 0) is 32.0 Å². The first-order valence-corrected chi connectivity index (χ1v) is 7.06. The molecule has 2 aromatic carbocycles. The summed E-state index contributed by atoms with van der Waals surface area (Å²) >= 11 is 0. The summed E-state index contributed by atoms with van der Waals surface area (Å²) in [6.07, 6.45) is 0. The molecule has 0 saturated carbocycles. The molecule has 0 bridgehead atoms. The summed E-state index contributed by atoms with van der Waals surface area (Å²) in [5, 5.41) is 1.87. The highest BCUT2D eigenvalue weighted by Crippen LogP contribution is 2.36. The van der Waals surface area contributed by atoms with Gasteiger partial charge in [0, 0.05) is 28.9 Å². The molecule has 4 nitrogen and oxygen atoms in total. The van der Waals surface area contributed by atoms with E-state index in [1.165, 1.54) is 13.8 Å². The van der Waals surface area contributed by atoms with E-state index in [4.69, 9.17) is 4.74 Å². The molecule has 112 valence electrons. The standard InChI is InChI=1S/C18H17NO3/c1-10(20)12-8-14(11(2)21)17-15(9-12)13-6-5-7-16(22-4)18(13)19(17)3/h5-9H,1-4H3. The van der Waals surface area contributed by atoms with Gasteiger partial charge in [-0.3, -0.25) is 9.59 Å². The number of aryl methyl sites for hydroxylation is 1. The highest BCUT2D eigenvalue weighted by molar-refractivity contribution is 6.18. The Morgan fingerprint density at radius 2 is 1.73 bits per heavy atom. The van der Waals surface area contributed by atoms with Crippen LogP contribution in [0, 0.1) is 0 Å². The molecule has 4 heteroatoms. The summed E-state index contributed by atoms with van der Waals surface area (Å²) in [7, 11) is 3.53. The van der Waals surface area contributed by atoms with E-state index in [0.717, 1.165) is 27.6 Å². The maximum atomic E-state index is 12.1. The first-order valence-electron chi connectivity index (χ1n) is 7.06. The van der Waals surface area contributed by atoms with Crippen molar-refractivity contribution in [2.45, 2.75) is 13.8 Å². The van der Waals surface area contributed by atoms with Gasteiger partial charge in [-0.15, -0.1) is 0 Å². The number of nitrogens with zero attached hydrogens (tertiary/aromatic N) is 1. The van der Waals surface area contributed by atoms with E-state index in [2.05, 4.69) is 0 Å². The van der Waals surface area contributed by atoms with Crippen LogP contribution in [0.15, 0.2) is 30.3 Å². The number of hydrogen-bond donors (Lipinski definition) is 0. The SMILES string of the molecule is COc1cccc2c3cc(C(C)=O)cc(C(C)=O)c3n(C)c12.